The molecule has 0 fully saturated rings. The van der Waals surface area contributed by atoms with Crippen molar-refractivity contribution in [3.63, 3.8) is 0 Å². The van der Waals surface area contributed by atoms with Crippen LogP contribution in [0.5, 0.6) is 0 Å². The first-order chi connectivity index (χ1) is 13.3. The summed E-state index contributed by atoms with van der Waals surface area (Å²) >= 11 is 0. The molecule has 0 saturated heterocycles. The Hall–Kier alpha value is 0.810. The van der Waals surface area contributed by atoms with Crippen LogP contribution in [0.3, 0.4) is 0 Å². The number of carbonyl (C=O) groups is 2. The summed E-state index contributed by atoms with van der Waals surface area (Å²) in [5.41, 5.74) is 0. The van der Waals surface area contributed by atoms with Crippen LogP contribution in [0.2, 0.25) is 0 Å². The molecule has 0 aromatic carbocycles. The molecule has 0 heterocycles. The second-order valence-corrected chi connectivity index (χ2v) is 8.45. The van der Waals surface area contributed by atoms with E-state index in [0.29, 0.717) is 6.42 Å². The van der Waals surface area contributed by atoms with Gasteiger partial charge < -0.3 is 14.6 Å². The summed E-state index contributed by atoms with van der Waals surface area (Å²) in [5.74, 6) is -2.11. The van der Waals surface area contributed by atoms with Gasteiger partial charge in [0.05, 0.1) is 19.6 Å². The van der Waals surface area contributed by atoms with Crippen molar-refractivity contribution in [2.45, 2.75) is 89.2 Å². The summed E-state index contributed by atoms with van der Waals surface area (Å²) in [6, 6.07) is 0. The minimum atomic E-state index is -4.78. The van der Waals surface area contributed by atoms with Crippen molar-refractivity contribution in [1.29, 1.82) is 0 Å². The van der Waals surface area contributed by atoms with Gasteiger partial charge in [0, 0.05) is 13.0 Å². The molecule has 11 heteroatoms. The first kappa shape index (κ1) is 35.4. The number of hydrogen-bond donors (Lipinski definition) is 2. The van der Waals surface area contributed by atoms with Crippen molar-refractivity contribution in [2.75, 3.05) is 19.8 Å². The van der Waals surface area contributed by atoms with Gasteiger partial charge in [0.2, 0.25) is 0 Å². The van der Waals surface area contributed by atoms with Gasteiger partial charge in [-0.1, -0.05) is 64.7 Å². The molecule has 30 heavy (non-hydrogen) atoms. The topological polar surface area (TPSA) is 127 Å². The molecule has 1 atom stereocenters. The third kappa shape index (κ3) is 20.7. The molecule has 0 radical (unpaired) electrons. The Balaban J connectivity index is -0.00000364. The number of rotatable bonds is 18. The van der Waals surface area contributed by atoms with Crippen LogP contribution in [0, 0.1) is 0 Å². The summed E-state index contributed by atoms with van der Waals surface area (Å²) < 4.78 is 41.5. The molecule has 0 bridgehead atoms. The normalized spacial score (nSPS) is 11.7. The monoisotopic (exact) mass is 472 g/mol. The zero-order valence-electron chi connectivity index (χ0n) is 16.9. The van der Waals surface area contributed by atoms with E-state index in [4.69, 9.17) is 14.4 Å². The van der Waals surface area contributed by atoms with Crippen LogP contribution in [0.1, 0.15) is 84.0 Å². The average Bonchev–Trinajstić information content (AvgIpc) is 2.63. The first-order valence-corrected chi connectivity index (χ1v) is 11.7. The quantitative estimate of drug-likeness (QED) is 0.134. The van der Waals surface area contributed by atoms with Gasteiger partial charge in [0.1, 0.15) is 0 Å². The molecule has 0 spiro atoms. The van der Waals surface area contributed by atoms with E-state index in [2.05, 4.69) is 11.7 Å². The molecule has 0 saturated carbocycles. The Bertz CT molecular complexity index is 529. The third-order valence-electron chi connectivity index (χ3n) is 4.28. The zero-order chi connectivity index (χ0) is 21.3. The van der Waals surface area contributed by atoms with Crippen LogP contribution < -0.4 is 0 Å². The maximum absolute atomic E-state index is 11.9. The fourth-order valence-electron chi connectivity index (χ4n) is 2.63. The number of esters is 2. The van der Waals surface area contributed by atoms with Crippen LogP contribution in [-0.4, -0.2) is 114 Å². The second kappa shape index (κ2) is 23.0. The number of hydrogen-bond acceptors (Lipinski definition) is 7. The fourth-order valence-corrected chi connectivity index (χ4v) is 3.28. The Labute approximate surface area is 225 Å². The minimum absolute atomic E-state index is 0. The van der Waals surface area contributed by atoms with Gasteiger partial charge in [0.15, 0.2) is 5.25 Å². The van der Waals surface area contributed by atoms with Gasteiger partial charge in [0.25, 0.3) is 10.1 Å². The van der Waals surface area contributed by atoms with Crippen LogP contribution >= 0.6 is 0 Å². The summed E-state index contributed by atoms with van der Waals surface area (Å²) in [7, 11) is -4.78. The molecule has 2 N–H and O–H groups in total. The number of unbranched alkanes of at least 4 members (excludes halogenated alkanes) is 9. The fraction of sp³-hybridized carbons (Fsp3) is 0.895. The molecule has 0 amide bonds. The first-order valence-electron chi connectivity index (χ1n) is 10.2. The van der Waals surface area contributed by atoms with E-state index in [1.807, 2.05) is 0 Å². The molecular formula is C19H38Na2O8S. The van der Waals surface area contributed by atoms with E-state index in [9.17, 15) is 18.0 Å². The van der Waals surface area contributed by atoms with Crippen molar-refractivity contribution < 1.29 is 37.1 Å². The van der Waals surface area contributed by atoms with E-state index in [1.165, 1.54) is 38.5 Å². The molecule has 0 aliphatic heterocycles. The van der Waals surface area contributed by atoms with E-state index in [1.54, 1.807) is 0 Å². The van der Waals surface area contributed by atoms with E-state index in [0.717, 1.165) is 19.3 Å². The standard InChI is InChI=1S/C19H36O8S.2Na.2H/c1-2-3-4-5-6-7-8-9-10-11-14-27-19(22)17(28(23,24)25)16-18(21)26-15-12-13-20;;;;/h17,20H,2-16H2,1H3,(H,23,24,25);;;;. The number of ether oxygens (including phenoxy) is 2. The molecule has 0 aliphatic rings. The molecule has 170 valence electrons. The van der Waals surface area contributed by atoms with Crippen LogP contribution in [0.25, 0.3) is 0 Å². The van der Waals surface area contributed by atoms with E-state index < -0.39 is 33.7 Å². The number of aliphatic hydroxyl groups excluding tert-OH is 1. The van der Waals surface area contributed by atoms with Crippen molar-refractivity contribution in [3.05, 3.63) is 0 Å². The summed E-state index contributed by atoms with van der Waals surface area (Å²) in [6.07, 6.45) is 10.5. The van der Waals surface area contributed by atoms with E-state index in [-0.39, 0.29) is 85.4 Å². The van der Waals surface area contributed by atoms with Crippen molar-refractivity contribution in [2.24, 2.45) is 0 Å². The molecule has 0 aromatic heterocycles. The Kier molecular flexibility index (Phi) is 27.1. The predicted molar refractivity (Wildman–Crippen MR) is 120 cm³/mol. The molecule has 1 unspecified atom stereocenters. The Morgan fingerprint density at radius 3 is 1.73 bits per heavy atom. The van der Waals surface area contributed by atoms with Gasteiger partial charge in [-0.05, 0) is 6.42 Å². The van der Waals surface area contributed by atoms with Crippen LogP contribution in [0.15, 0.2) is 0 Å². The van der Waals surface area contributed by atoms with Gasteiger partial charge in [-0.25, -0.2) is 0 Å². The van der Waals surface area contributed by atoms with Crippen molar-refractivity contribution >= 4 is 81.2 Å². The third-order valence-corrected chi connectivity index (χ3v) is 5.36. The molecule has 0 aromatic rings. The van der Waals surface area contributed by atoms with Gasteiger partial charge in [-0.15, -0.1) is 0 Å². The SMILES string of the molecule is CCCCCCCCCCCCOC(=O)C(CC(=O)OCCCO)S(=O)(=O)O.[NaH].[NaH]. The van der Waals surface area contributed by atoms with Crippen molar-refractivity contribution in [1.82, 2.24) is 0 Å². The molecule has 8 nitrogen and oxygen atoms in total. The summed E-state index contributed by atoms with van der Waals surface area (Å²) in [5, 5.41) is 6.62. The average molecular weight is 473 g/mol. The second-order valence-electron chi connectivity index (χ2n) is 6.85. The number of aliphatic hydroxyl groups is 1. The van der Waals surface area contributed by atoms with Crippen LogP contribution in [-0.2, 0) is 29.2 Å². The Morgan fingerprint density at radius 1 is 0.800 bits per heavy atom. The molecule has 0 rings (SSSR count). The van der Waals surface area contributed by atoms with Crippen molar-refractivity contribution in [3.8, 4) is 0 Å². The van der Waals surface area contributed by atoms with Gasteiger partial charge >= 0.3 is 71.1 Å². The van der Waals surface area contributed by atoms with Crippen LogP contribution in [0.4, 0.5) is 0 Å². The molecular weight excluding hydrogens is 434 g/mol. The Morgan fingerprint density at radius 2 is 1.27 bits per heavy atom. The summed E-state index contributed by atoms with van der Waals surface area (Å²) in [4.78, 5) is 23.5. The number of carbonyl (C=O) groups excluding carboxylic acids is 2. The summed E-state index contributed by atoms with van der Waals surface area (Å²) in [6.45, 7) is 1.95. The maximum atomic E-state index is 11.9. The zero-order valence-corrected chi connectivity index (χ0v) is 17.8. The molecule has 0 aliphatic carbocycles. The van der Waals surface area contributed by atoms with Gasteiger partial charge in [-0.3, -0.25) is 14.1 Å². The van der Waals surface area contributed by atoms with Gasteiger partial charge in [-0.2, -0.15) is 8.42 Å². The predicted octanol–water partition coefficient (Wildman–Crippen LogP) is 1.73. The van der Waals surface area contributed by atoms with E-state index >= 15 is 0 Å².